The van der Waals surface area contributed by atoms with Crippen molar-refractivity contribution in [3.63, 3.8) is 0 Å². The zero-order chi connectivity index (χ0) is 11.1. The van der Waals surface area contributed by atoms with Crippen LogP contribution in [0.3, 0.4) is 0 Å². The lowest BCUT2D eigenvalue weighted by Crippen LogP contribution is -2.37. The summed E-state index contributed by atoms with van der Waals surface area (Å²) in [7, 11) is 0. The van der Waals surface area contributed by atoms with E-state index in [-0.39, 0.29) is 5.91 Å². The lowest BCUT2D eigenvalue weighted by atomic mass is 10.2. The van der Waals surface area contributed by atoms with E-state index in [2.05, 4.69) is 40.4 Å². The van der Waals surface area contributed by atoms with Crippen molar-refractivity contribution < 1.29 is 4.79 Å². The molecule has 0 saturated heterocycles. The van der Waals surface area contributed by atoms with Crippen LogP contribution in [0.5, 0.6) is 0 Å². The van der Waals surface area contributed by atoms with Crippen LogP contribution in [0.25, 0.3) is 0 Å². The molecule has 82 valence electrons. The molecule has 0 aromatic heterocycles. The fourth-order valence-corrected chi connectivity index (χ4v) is 1.65. The Morgan fingerprint density at radius 1 is 1.47 bits per heavy atom. The molecule has 0 bridgehead atoms. The Morgan fingerprint density at radius 3 is 2.93 bits per heavy atom. The van der Waals surface area contributed by atoms with Crippen molar-refractivity contribution in [3.05, 3.63) is 33.4 Å². The molecule has 0 radical (unpaired) electrons. The average molecular weight is 318 g/mol. The lowest BCUT2D eigenvalue weighted by molar-refractivity contribution is 0.0933. The van der Waals surface area contributed by atoms with Gasteiger partial charge in [0, 0.05) is 15.7 Å². The number of hydrogen-bond acceptors (Lipinski definition) is 2. The Balaban J connectivity index is 2.40. The topological polar surface area (TPSA) is 41.1 Å². The van der Waals surface area contributed by atoms with Crippen molar-refractivity contribution in [2.75, 3.05) is 6.54 Å². The second-order valence-electron chi connectivity index (χ2n) is 3.24. The first-order valence-electron chi connectivity index (χ1n) is 5.03. The summed E-state index contributed by atoms with van der Waals surface area (Å²) in [4.78, 5) is 11.6. The van der Waals surface area contributed by atoms with E-state index < -0.39 is 0 Å². The number of rotatable bonds is 5. The van der Waals surface area contributed by atoms with Crippen molar-refractivity contribution in [1.82, 2.24) is 10.9 Å². The van der Waals surface area contributed by atoms with Crippen LogP contribution in [0, 0.1) is 3.57 Å². The lowest BCUT2D eigenvalue weighted by Gasteiger charge is -2.06. The summed E-state index contributed by atoms with van der Waals surface area (Å²) >= 11 is 2.19. The number of halogens is 1. The van der Waals surface area contributed by atoms with Crippen LogP contribution < -0.4 is 10.9 Å². The maximum atomic E-state index is 11.6. The van der Waals surface area contributed by atoms with Gasteiger partial charge in [0.1, 0.15) is 0 Å². The van der Waals surface area contributed by atoms with Crippen LogP contribution in [0.1, 0.15) is 30.1 Å². The molecule has 0 heterocycles. The number of unbranched alkanes of at least 4 members (excludes halogenated alkanes) is 1. The Morgan fingerprint density at radius 2 is 2.27 bits per heavy atom. The monoisotopic (exact) mass is 318 g/mol. The zero-order valence-corrected chi connectivity index (χ0v) is 10.9. The fourth-order valence-electron chi connectivity index (χ4n) is 1.11. The average Bonchev–Trinajstić information content (AvgIpc) is 2.24. The van der Waals surface area contributed by atoms with Gasteiger partial charge in [-0.05, 0) is 47.2 Å². The van der Waals surface area contributed by atoms with Crippen molar-refractivity contribution >= 4 is 28.5 Å². The molecule has 0 aliphatic carbocycles. The predicted molar refractivity (Wildman–Crippen MR) is 69.5 cm³/mol. The van der Waals surface area contributed by atoms with E-state index in [1.807, 2.05) is 18.2 Å². The standard InChI is InChI=1S/C11H15IN2O/c1-2-3-7-13-14-11(15)9-5-4-6-10(12)8-9/h4-6,8,13H,2-3,7H2,1H3,(H,14,15). The zero-order valence-electron chi connectivity index (χ0n) is 8.72. The number of amides is 1. The molecule has 1 rings (SSSR count). The van der Waals surface area contributed by atoms with Gasteiger partial charge in [-0.1, -0.05) is 19.4 Å². The van der Waals surface area contributed by atoms with E-state index in [4.69, 9.17) is 0 Å². The Hall–Kier alpha value is -0.620. The SMILES string of the molecule is CCCCNNC(=O)c1cccc(I)c1. The first kappa shape index (κ1) is 12.4. The minimum Gasteiger partial charge on any atom is -0.287 e. The largest absolute Gasteiger partial charge is 0.287 e. The molecule has 2 N–H and O–H groups in total. The van der Waals surface area contributed by atoms with Gasteiger partial charge in [0.25, 0.3) is 5.91 Å². The van der Waals surface area contributed by atoms with Crippen LogP contribution in [-0.4, -0.2) is 12.5 Å². The van der Waals surface area contributed by atoms with E-state index in [0.717, 1.165) is 23.0 Å². The summed E-state index contributed by atoms with van der Waals surface area (Å²) in [6, 6.07) is 7.50. The Kier molecular flexibility index (Phi) is 5.63. The molecule has 1 aromatic carbocycles. The van der Waals surface area contributed by atoms with Crippen molar-refractivity contribution in [2.24, 2.45) is 0 Å². The summed E-state index contributed by atoms with van der Waals surface area (Å²) in [6.45, 7) is 2.93. The molecule has 3 nitrogen and oxygen atoms in total. The molecule has 1 aromatic rings. The van der Waals surface area contributed by atoms with E-state index in [1.54, 1.807) is 6.07 Å². The molecule has 0 saturated carbocycles. The molecular formula is C11H15IN2O. The quantitative estimate of drug-likeness (QED) is 0.497. The van der Waals surface area contributed by atoms with Crippen LogP contribution >= 0.6 is 22.6 Å². The van der Waals surface area contributed by atoms with Crippen molar-refractivity contribution in [1.29, 1.82) is 0 Å². The van der Waals surface area contributed by atoms with Gasteiger partial charge in [-0.15, -0.1) is 0 Å². The molecule has 15 heavy (non-hydrogen) atoms. The number of nitrogens with one attached hydrogen (secondary N) is 2. The third-order valence-electron chi connectivity index (χ3n) is 1.94. The summed E-state index contributed by atoms with van der Waals surface area (Å²) in [6.07, 6.45) is 2.18. The van der Waals surface area contributed by atoms with Gasteiger partial charge in [-0.2, -0.15) is 0 Å². The van der Waals surface area contributed by atoms with Gasteiger partial charge < -0.3 is 0 Å². The van der Waals surface area contributed by atoms with Gasteiger partial charge in [-0.3, -0.25) is 10.2 Å². The van der Waals surface area contributed by atoms with Gasteiger partial charge in [0.05, 0.1) is 0 Å². The summed E-state index contributed by atoms with van der Waals surface area (Å²) in [5.41, 5.74) is 6.26. The maximum absolute atomic E-state index is 11.6. The molecule has 0 spiro atoms. The highest BCUT2D eigenvalue weighted by atomic mass is 127. The second kappa shape index (κ2) is 6.79. The van der Waals surface area contributed by atoms with Gasteiger partial charge in [0.15, 0.2) is 0 Å². The molecular weight excluding hydrogens is 303 g/mol. The van der Waals surface area contributed by atoms with E-state index >= 15 is 0 Å². The summed E-state index contributed by atoms with van der Waals surface area (Å²) in [5, 5.41) is 0. The highest BCUT2D eigenvalue weighted by Crippen LogP contribution is 2.07. The van der Waals surface area contributed by atoms with Crippen LogP contribution in [0.15, 0.2) is 24.3 Å². The third-order valence-corrected chi connectivity index (χ3v) is 2.62. The van der Waals surface area contributed by atoms with Crippen LogP contribution in [-0.2, 0) is 0 Å². The third kappa shape index (κ3) is 4.61. The predicted octanol–water partition coefficient (Wildman–Crippen LogP) is 2.33. The van der Waals surface area contributed by atoms with Crippen molar-refractivity contribution in [3.8, 4) is 0 Å². The van der Waals surface area contributed by atoms with E-state index in [0.29, 0.717) is 5.56 Å². The first-order valence-corrected chi connectivity index (χ1v) is 6.10. The maximum Gasteiger partial charge on any atom is 0.265 e. The molecule has 0 aliphatic rings. The highest BCUT2D eigenvalue weighted by Gasteiger charge is 2.03. The van der Waals surface area contributed by atoms with Gasteiger partial charge in [0.2, 0.25) is 0 Å². The van der Waals surface area contributed by atoms with Gasteiger partial charge in [-0.25, -0.2) is 5.43 Å². The molecule has 0 atom stereocenters. The highest BCUT2D eigenvalue weighted by molar-refractivity contribution is 14.1. The van der Waals surface area contributed by atoms with E-state index in [9.17, 15) is 4.79 Å². The molecule has 0 unspecified atom stereocenters. The smallest absolute Gasteiger partial charge is 0.265 e. The molecule has 0 fully saturated rings. The molecule has 0 aliphatic heterocycles. The second-order valence-corrected chi connectivity index (χ2v) is 4.49. The summed E-state index contributed by atoms with van der Waals surface area (Å²) in [5.74, 6) is -0.0791. The number of hydrogen-bond donors (Lipinski definition) is 2. The normalized spacial score (nSPS) is 10.0. The number of carbonyl (C=O) groups excluding carboxylic acids is 1. The number of carbonyl (C=O) groups is 1. The van der Waals surface area contributed by atoms with Gasteiger partial charge >= 0.3 is 0 Å². The first-order chi connectivity index (χ1) is 7.24. The summed E-state index contributed by atoms with van der Waals surface area (Å²) < 4.78 is 1.06. The van der Waals surface area contributed by atoms with Crippen LogP contribution in [0.2, 0.25) is 0 Å². The Labute approximate surface area is 104 Å². The molecule has 4 heteroatoms. The van der Waals surface area contributed by atoms with Crippen molar-refractivity contribution in [2.45, 2.75) is 19.8 Å². The Bertz CT molecular complexity index is 328. The van der Waals surface area contributed by atoms with Crippen LogP contribution in [0.4, 0.5) is 0 Å². The minimum absolute atomic E-state index is 0.0791. The van der Waals surface area contributed by atoms with E-state index in [1.165, 1.54) is 0 Å². The number of benzene rings is 1. The minimum atomic E-state index is -0.0791. The number of hydrazine groups is 1. The molecule has 1 amide bonds. The fraction of sp³-hybridized carbons (Fsp3) is 0.364.